The Hall–Kier alpha value is -6.45. The Balaban J connectivity index is 0.927. The molecular formula is C55H60N6O7S2. The van der Waals surface area contributed by atoms with Crippen LogP contribution in [0.15, 0.2) is 96.1 Å². The number of hydrazone groups is 1. The lowest BCUT2D eigenvalue weighted by Crippen LogP contribution is -2.41. The van der Waals surface area contributed by atoms with Gasteiger partial charge in [-0.15, -0.1) is 0 Å². The van der Waals surface area contributed by atoms with Crippen LogP contribution in [-0.2, 0) is 42.1 Å². The summed E-state index contributed by atoms with van der Waals surface area (Å²) in [6.45, 7) is 8.92. The van der Waals surface area contributed by atoms with Gasteiger partial charge in [0.15, 0.2) is 11.5 Å². The Labute approximate surface area is 418 Å². The molecule has 4 amide bonds. The second-order valence-corrected chi connectivity index (χ2v) is 22.2. The number of hydrogen-bond donors (Lipinski definition) is 2. The maximum atomic E-state index is 14.2. The van der Waals surface area contributed by atoms with Gasteiger partial charge in [-0.25, -0.2) is 5.43 Å². The number of benzene rings is 5. The molecule has 0 radical (unpaired) electrons. The molecule has 2 N–H and O–H groups in total. The Bertz CT molecular complexity index is 2870. The molecule has 0 fully saturated rings. The van der Waals surface area contributed by atoms with Gasteiger partial charge in [0, 0.05) is 77.9 Å². The highest BCUT2D eigenvalue weighted by Gasteiger charge is 2.40. The van der Waals surface area contributed by atoms with E-state index >= 15 is 0 Å². The van der Waals surface area contributed by atoms with Gasteiger partial charge < -0.3 is 34.2 Å². The van der Waals surface area contributed by atoms with E-state index in [0.717, 1.165) is 65.0 Å². The summed E-state index contributed by atoms with van der Waals surface area (Å²) >= 11 is 0. The molecule has 15 heteroatoms. The number of fused-ring (bicyclic) bond motifs is 8. The number of aryl methyl sites for hydroxylation is 2. The van der Waals surface area contributed by atoms with Crippen molar-refractivity contribution in [3.05, 3.63) is 136 Å². The predicted octanol–water partition coefficient (Wildman–Crippen LogP) is 10.1. The summed E-state index contributed by atoms with van der Waals surface area (Å²) in [5, 5.41) is 6.93. The Morgan fingerprint density at radius 2 is 1.43 bits per heavy atom. The van der Waals surface area contributed by atoms with E-state index in [4.69, 9.17) is 14.2 Å². The molecule has 0 saturated heterocycles. The van der Waals surface area contributed by atoms with E-state index in [0.29, 0.717) is 59.2 Å². The van der Waals surface area contributed by atoms with Crippen LogP contribution in [0.2, 0.25) is 0 Å². The van der Waals surface area contributed by atoms with Crippen LogP contribution in [0.25, 0.3) is 0 Å². The van der Waals surface area contributed by atoms with Crippen LogP contribution in [0, 0.1) is 6.92 Å². The van der Waals surface area contributed by atoms with Gasteiger partial charge in [0.05, 0.1) is 24.4 Å². The van der Waals surface area contributed by atoms with Gasteiger partial charge in [0.25, 0.3) is 11.8 Å². The number of carbonyl (C=O) groups is 4. The van der Waals surface area contributed by atoms with Crippen molar-refractivity contribution in [3.63, 3.8) is 0 Å². The summed E-state index contributed by atoms with van der Waals surface area (Å²) in [5.41, 5.74) is 12.9. The van der Waals surface area contributed by atoms with Gasteiger partial charge in [-0.05, 0) is 142 Å². The van der Waals surface area contributed by atoms with Crippen molar-refractivity contribution in [1.82, 2.24) is 5.43 Å². The summed E-state index contributed by atoms with van der Waals surface area (Å²) < 4.78 is 18.8. The third-order valence-electron chi connectivity index (χ3n) is 13.5. The first-order valence-electron chi connectivity index (χ1n) is 23.9. The fourth-order valence-electron chi connectivity index (χ4n) is 9.98. The minimum atomic E-state index is -0.224. The van der Waals surface area contributed by atoms with E-state index < -0.39 is 0 Å². The zero-order valence-corrected chi connectivity index (χ0v) is 42.3. The summed E-state index contributed by atoms with van der Waals surface area (Å²) in [6.07, 6.45) is 5.99. The highest BCUT2D eigenvalue weighted by molar-refractivity contribution is 8.77. The lowest BCUT2D eigenvalue weighted by molar-refractivity contribution is -0.120. The third kappa shape index (κ3) is 10.5. The second kappa shape index (κ2) is 20.9. The SMILES string of the molecule is C/C=N\NC(=O)CCSSC(C)(C)CCC(=O)Nc1cc(COc2cc3c(cc2C)C(=O)N2c4ccccc4C[C@H]2CN3C)cc(COc2cc3c(cc2OC)C(=O)N2c4ccccc4C[C@H]2CC3)c1. The van der Waals surface area contributed by atoms with E-state index in [1.165, 1.54) is 17.3 Å². The first-order valence-corrected chi connectivity index (χ1v) is 26.3. The number of methoxy groups -OCH3 is 1. The molecular weight excluding hydrogens is 921 g/mol. The summed E-state index contributed by atoms with van der Waals surface area (Å²) in [7, 11) is 6.88. The molecule has 13 nitrogen and oxygen atoms in total. The van der Waals surface area contributed by atoms with Crippen LogP contribution in [0.4, 0.5) is 22.7 Å². The van der Waals surface area contributed by atoms with Gasteiger partial charge in [-0.3, -0.25) is 19.2 Å². The molecule has 5 aromatic carbocycles. The quantitative estimate of drug-likeness (QED) is 0.0400. The molecule has 0 saturated carbocycles. The molecule has 0 unspecified atom stereocenters. The van der Waals surface area contributed by atoms with Crippen LogP contribution in [0.1, 0.15) is 101 Å². The average molecular weight is 981 g/mol. The van der Waals surface area contributed by atoms with Crippen LogP contribution < -0.4 is 39.7 Å². The van der Waals surface area contributed by atoms with Gasteiger partial charge in [0.2, 0.25) is 11.8 Å². The third-order valence-corrected chi connectivity index (χ3v) is 16.8. The Morgan fingerprint density at radius 1 is 0.771 bits per heavy atom. The van der Waals surface area contributed by atoms with Crippen molar-refractivity contribution in [2.75, 3.05) is 46.5 Å². The van der Waals surface area contributed by atoms with E-state index in [-0.39, 0.29) is 60.1 Å². The molecule has 2 atom stereocenters. The summed E-state index contributed by atoms with van der Waals surface area (Å²) in [6, 6.07) is 29.9. The van der Waals surface area contributed by atoms with Crippen molar-refractivity contribution in [3.8, 4) is 17.2 Å². The predicted molar refractivity (Wildman–Crippen MR) is 281 cm³/mol. The zero-order valence-electron chi connectivity index (χ0n) is 40.6. The first kappa shape index (κ1) is 48.6. The number of anilines is 4. The molecule has 0 bridgehead atoms. The number of ether oxygens (including phenoxy) is 3. The number of carbonyl (C=O) groups excluding carboxylic acids is 4. The largest absolute Gasteiger partial charge is 0.493 e. The molecule has 9 rings (SSSR count). The Kier molecular flexibility index (Phi) is 14.5. The average Bonchev–Trinajstić information content (AvgIpc) is 3.85. The molecule has 0 aromatic heterocycles. The fourth-order valence-corrected chi connectivity index (χ4v) is 12.5. The smallest absolute Gasteiger partial charge is 0.260 e. The maximum absolute atomic E-state index is 14.2. The molecule has 4 aliphatic rings. The van der Waals surface area contributed by atoms with Crippen LogP contribution >= 0.6 is 21.6 Å². The molecule has 364 valence electrons. The molecule has 5 aromatic rings. The molecule has 70 heavy (non-hydrogen) atoms. The lowest BCUT2D eigenvalue weighted by atomic mass is 9.99. The highest BCUT2D eigenvalue weighted by Crippen LogP contribution is 2.43. The number of nitrogens with one attached hydrogen (secondary N) is 2. The van der Waals surface area contributed by atoms with Crippen molar-refractivity contribution >= 4 is 74.2 Å². The number of rotatable bonds is 17. The van der Waals surface area contributed by atoms with E-state index in [1.54, 1.807) is 41.7 Å². The van der Waals surface area contributed by atoms with Gasteiger partial charge >= 0.3 is 0 Å². The van der Waals surface area contributed by atoms with Gasteiger partial charge in [-0.1, -0.05) is 58.0 Å². The van der Waals surface area contributed by atoms with Gasteiger partial charge in [0.1, 0.15) is 19.0 Å². The zero-order chi connectivity index (χ0) is 49.1. The number of amides is 4. The molecule has 0 aliphatic carbocycles. The first-order chi connectivity index (χ1) is 33.8. The summed E-state index contributed by atoms with van der Waals surface area (Å²) in [4.78, 5) is 60.0. The minimum Gasteiger partial charge on any atom is -0.493 e. The topological polar surface area (TPSA) is 142 Å². The molecule has 0 spiro atoms. The highest BCUT2D eigenvalue weighted by atomic mass is 33.1. The normalized spacial score (nSPS) is 16.9. The lowest BCUT2D eigenvalue weighted by Gasteiger charge is -2.25. The van der Waals surface area contributed by atoms with Gasteiger partial charge in [-0.2, -0.15) is 5.10 Å². The second-order valence-electron chi connectivity index (χ2n) is 19.0. The molecule has 4 heterocycles. The van der Waals surface area contributed by atoms with Crippen LogP contribution in [-0.4, -0.2) is 73.1 Å². The number of hydrogen-bond acceptors (Lipinski definition) is 11. The van der Waals surface area contributed by atoms with Crippen molar-refractivity contribution in [2.45, 2.75) is 103 Å². The maximum Gasteiger partial charge on any atom is 0.260 e. The standard InChI is InChI=1S/C55H60N6O7S2/c1-7-56-58-52(63)19-21-69-70-55(3,4)20-18-51(62)57-40-24-35(32-67-48-30-47-44(22-34(48)2)54(65)61-42(31-59(47)5)27-39-13-9-11-15-46(39)61)23-36(25-40)33-68-50-28-37-16-17-41-26-38-12-8-10-14-45(38)60(41)53(64)43(37)29-49(50)66-6/h7-15,22-25,28-30,41-42H,16-21,26-27,31-33H2,1-6H3,(H,57,62)(H,58,63)/b56-7-/t41-,42+/m1/s1. The summed E-state index contributed by atoms with van der Waals surface area (Å²) in [5.74, 6) is 1.98. The van der Waals surface area contributed by atoms with Crippen LogP contribution in [0.5, 0.6) is 17.2 Å². The fraction of sp³-hybridized carbons (Fsp3) is 0.364. The van der Waals surface area contributed by atoms with Crippen LogP contribution in [0.3, 0.4) is 0 Å². The Morgan fingerprint density at radius 3 is 2.13 bits per heavy atom. The van der Waals surface area contributed by atoms with Crippen molar-refractivity contribution in [1.29, 1.82) is 0 Å². The monoisotopic (exact) mass is 980 g/mol. The molecule has 4 aliphatic heterocycles. The van der Waals surface area contributed by atoms with E-state index in [9.17, 15) is 19.2 Å². The van der Waals surface area contributed by atoms with Crippen molar-refractivity contribution in [2.24, 2.45) is 5.10 Å². The number of nitrogens with zero attached hydrogens (tertiary/aromatic N) is 4. The van der Waals surface area contributed by atoms with E-state index in [1.807, 2.05) is 96.6 Å². The number of para-hydroxylation sites is 2. The van der Waals surface area contributed by atoms with Crippen molar-refractivity contribution < 1.29 is 33.4 Å². The minimum absolute atomic E-state index is 0.0101. The van der Waals surface area contributed by atoms with E-state index in [2.05, 4.69) is 46.7 Å². The number of likely N-dealkylation sites (N-methyl/N-ethyl adjacent to an activating group) is 1.